The molecule has 0 bridgehead atoms. The average Bonchev–Trinajstić information content (AvgIpc) is 2.34. The molecule has 5 heteroatoms. The van der Waals surface area contributed by atoms with Gasteiger partial charge in [-0.3, -0.25) is 4.79 Å². The van der Waals surface area contributed by atoms with Crippen molar-refractivity contribution in [3.8, 4) is 0 Å². The average molecular weight is 213 g/mol. The molecular weight excluding hydrogens is 202 g/mol. The van der Waals surface area contributed by atoms with Crippen LogP contribution in [0, 0.1) is 0 Å². The van der Waals surface area contributed by atoms with E-state index in [1.54, 1.807) is 0 Å². The van der Waals surface area contributed by atoms with E-state index >= 15 is 0 Å². The third kappa shape index (κ3) is 0.958. The summed E-state index contributed by atoms with van der Waals surface area (Å²) in [7, 11) is 0. The number of carboxylic acid groups (broad SMARTS) is 1. The molecule has 0 aromatic heterocycles. The summed E-state index contributed by atoms with van der Waals surface area (Å²) in [6.45, 7) is 7.32. The number of thioether (sulfide) groups is 1. The molecule has 1 amide bonds. The maximum absolute atomic E-state index is 11.4. The Morgan fingerprint density at radius 3 is 2.71 bits per heavy atom. The number of fused-ring (bicyclic) bond motifs is 1. The minimum atomic E-state index is -0.939. The van der Waals surface area contributed by atoms with Crippen LogP contribution in [0.3, 0.4) is 0 Å². The monoisotopic (exact) mass is 213 g/mol. The van der Waals surface area contributed by atoms with E-state index in [1.807, 2.05) is 13.8 Å². The maximum Gasteiger partial charge on any atom is 0.327 e. The van der Waals surface area contributed by atoms with Crippen molar-refractivity contribution in [1.29, 1.82) is 0 Å². The van der Waals surface area contributed by atoms with Gasteiger partial charge >= 0.3 is 5.97 Å². The molecule has 2 fully saturated rings. The number of carbonyl (C=O) groups excluding carboxylic acids is 1. The first-order valence-corrected chi connectivity index (χ1v) is 5.16. The fourth-order valence-corrected chi connectivity index (χ4v) is 3.46. The van der Waals surface area contributed by atoms with Crippen LogP contribution in [0.5, 0.6) is 0 Å². The first kappa shape index (κ1) is 9.58. The second-order valence-corrected chi connectivity index (χ2v) is 5.79. The minimum absolute atomic E-state index is 0.126. The van der Waals surface area contributed by atoms with Crippen molar-refractivity contribution in [2.24, 2.45) is 0 Å². The third-order valence-electron chi connectivity index (χ3n) is 2.65. The molecule has 0 radical (unpaired) electrons. The van der Waals surface area contributed by atoms with Crippen molar-refractivity contribution >= 4 is 23.6 Å². The minimum Gasteiger partial charge on any atom is -0.480 e. The second-order valence-electron chi connectivity index (χ2n) is 4.05. The molecule has 2 rings (SSSR count). The molecule has 2 heterocycles. The Morgan fingerprint density at radius 1 is 1.64 bits per heavy atom. The van der Waals surface area contributed by atoms with Crippen LogP contribution in [0.4, 0.5) is 0 Å². The molecule has 0 unspecified atom stereocenters. The van der Waals surface area contributed by atoms with E-state index in [0.29, 0.717) is 5.57 Å². The van der Waals surface area contributed by atoms with Gasteiger partial charge in [-0.25, -0.2) is 4.79 Å². The number of hydrogen-bond acceptors (Lipinski definition) is 3. The van der Waals surface area contributed by atoms with Gasteiger partial charge in [-0.05, 0) is 13.8 Å². The van der Waals surface area contributed by atoms with Gasteiger partial charge in [0.15, 0.2) is 0 Å². The van der Waals surface area contributed by atoms with Crippen LogP contribution in [0.1, 0.15) is 13.8 Å². The number of β-lactam (4-membered cyclic amide) rings is 1. The predicted octanol–water partition coefficient (Wildman–Crippen LogP) is 0.689. The molecule has 2 aliphatic heterocycles. The van der Waals surface area contributed by atoms with Crippen LogP contribution in [0.2, 0.25) is 0 Å². The molecule has 76 valence electrons. The summed E-state index contributed by atoms with van der Waals surface area (Å²) in [5.41, 5.74) is 0.520. The van der Waals surface area contributed by atoms with Crippen molar-refractivity contribution in [3.63, 3.8) is 0 Å². The van der Waals surface area contributed by atoms with E-state index in [-0.39, 0.29) is 11.3 Å². The lowest BCUT2D eigenvalue weighted by Crippen LogP contribution is -2.58. The van der Waals surface area contributed by atoms with Gasteiger partial charge in [-0.15, -0.1) is 11.8 Å². The molecule has 4 nitrogen and oxygen atoms in total. The molecule has 0 aromatic rings. The highest BCUT2D eigenvalue weighted by molar-refractivity contribution is 8.01. The first-order valence-electron chi connectivity index (χ1n) is 4.28. The molecule has 2 atom stereocenters. The fraction of sp³-hybridized carbons (Fsp3) is 0.556. The SMILES string of the molecule is C=C1C(=O)N2[C@@H]1SC(C)(C)[C@@H]2C(=O)O. The molecule has 0 saturated carbocycles. The highest BCUT2D eigenvalue weighted by atomic mass is 32.2. The summed E-state index contributed by atoms with van der Waals surface area (Å²) in [4.78, 5) is 23.8. The van der Waals surface area contributed by atoms with Crippen LogP contribution in [0.25, 0.3) is 0 Å². The van der Waals surface area contributed by atoms with Crippen LogP contribution >= 0.6 is 11.8 Å². The molecule has 0 spiro atoms. The molecule has 0 aliphatic carbocycles. The van der Waals surface area contributed by atoms with Crippen molar-refractivity contribution in [2.45, 2.75) is 30.0 Å². The van der Waals surface area contributed by atoms with Gasteiger partial charge in [0, 0.05) is 10.3 Å². The van der Waals surface area contributed by atoms with Crippen molar-refractivity contribution < 1.29 is 14.7 Å². The summed E-state index contributed by atoms with van der Waals surface area (Å²) >= 11 is 1.49. The van der Waals surface area contributed by atoms with E-state index in [9.17, 15) is 9.59 Å². The lowest BCUT2D eigenvalue weighted by atomic mass is 9.96. The maximum atomic E-state index is 11.4. The van der Waals surface area contributed by atoms with Gasteiger partial charge in [-0.2, -0.15) is 0 Å². The van der Waals surface area contributed by atoms with Gasteiger partial charge in [0.25, 0.3) is 5.91 Å². The predicted molar refractivity (Wildman–Crippen MR) is 52.9 cm³/mol. The highest BCUT2D eigenvalue weighted by Gasteiger charge is 2.60. The molecule has 2 aliphatic rings. The zero-order chi connectivity index (χ0) is 10.7. The molecule has 1 N–H and O–H groups in total. The van der Waals surface area contributed by atoms with E-state index in [1.165, 1.54) is 16.7 Å². The quantitative estimate of drug-likeness (QED) is 0.514. The second kappa shape index (κ2) is 2.53. The van der Waals surface area contributed by atoms with Gasteiger partial charge in [0.05, 0.1) is 0 Å². The molecule has 2 saturated heterocycles. The fourth-order valence-electron chi connectivity index (χ4n) is 1.96. The number of carbonyl (C=O) groups is 2. The van der Waals surface area contributed by atoms with E-state index in [4.69, 9.17) is 5.11 Å². The van der Waals surface area contributed by atoms with Crippen molar-refractivity contribution in [1.82, 2.24) is 4.90 Å². The number of nitrogens with zero attached hydrogens (tertiary/aromatic N) is 1. The first-order chi connectivity index (χ1) is 6.36. The summed E-state index contributed by atoms with van der Waals surface area (Å²) in [6, 6.07) is -0.726. The normalized spacial score (nSPS) is 34.0. The van der Waals surface area contributed by atoms with Gasteiger partial charge in [0.2, 0.25) is 0 Å². The largest absolute Gasteiger partial charge is 0.480 e. The Morgan fingerprint density at radius 2 is 2.21 bits per heavy atom. The van der Waals surface area contributed by atoms with Crippen LogP contribution in [0.15, 0.2) is 12.2 Å². The summed E-state index contributed by atoms with van der Waals surface area (Å²) < 4.78 is -0.439. The van der Waals surface area contributed by atoms with Crippen molar-refractivity contribution in [2.75, 3.05) is 0 Å². The number of hydrogen-bond donors (Lipinski definition) is 1. The zero-order valence-electron chi connectivity index (χ0n) is 7.98. The number of carboxylic acids is 1. The van der Waals surface area contributed by atoms with E-state index < -0.39 is 16.8 Å². The third-order valence-corrected chi connectivity index (χ3v) is 4.21. The van der Waals surface area contributed by atoms with E-state index in [2.05, 4.69) is 6.58 Å². The summed E-state index contributed by atoms with van der Waals surface area (Å²) in [6.07, 6.45) is 0. The number of amides is 1. The molecule has 14 heavy (non-hydrogen) atoms. The van der Waals surface area contributed by atoms with E-state index in [0.717, 1.165) is 0 Å². The Hall–Kier alpha value is -0.970. The topological polar surface area (TPSA) is 57.6 Å². The lowest BCUT2D eigenvalue weighted by molar-refractivity contribution is -0.152. The summed E-state index contributed by atoms with van der Waals surface area (Å²) in [5, 5.41) is 8.91. The highest BCUT2D eigenvalue weighted by Crippen LogP contribution is 2.52. The van der Waals surface area contributed by atoms with Gasteiger partial charge in [-0.1, -0.05) is 6.58 Å². The molecular formula is C9H11NO3S. The molecule has 0 aromatic carbocycles. The Balaban J connectivity index is 2.36. The van der Waals surface area contributed by atoms with Crippen molar-refractivity contribution in [3.05, 3.63) is 12.2 Å². The Bertz CT molecular complexity index is 350. The standard InChI is InChI=1S/C9H11NO3S/c1-4-6(11)10-5(8(12)13)9(2,3)14-7(4)10/h5,7H,1H2,2-3H3,(H,12,13)/t5-,7+/m0/s1. The van der Waals surface area contributed by atoms with Gasteiger partial charge < -0.3 is 10.0 Å². The Kier molecular flexibility index (Phi) is 1.73. The number of rotatable bonds is 1. The van der Waals surface area contributed by atoms with Crippen LogP contribution in [-0.4, -0.2) is 38.0 Å². The van der Waals surface area contributed by atoms with Crippen LogP contribution < -0.4 is 0 Å². The Labute approximate surface area is 86.0 Å². The summed E-state index contributed by atoms with van der Waals surface area (Å²) in [5.74, 6) is -1.16. The smallest absolute Gasteiger partial charge is 0.327 e. The van der Waals surface area contributed by atoms with Crippen LogP contribution in [-0.2, 0) is 9.59 Å². The lowest BCUT2D eigenvalue weighted by Gasteiger charge is -2.38. The number of aliphatic carboxylic acids is 1. The van der Waals surface area contributed by atoms with Gasteiger partial charge in [0.1, 0.15) is 11.4 Å². The zero-order valence-corrected chi connectivity index (χ0v) is 8.80.